The zero-order chi connectivity index (χ0) is 10.2. The van der Waals surface area contributed by atoms with E-state index in [-0.39, 0.29) is 11.4 Å². The van der Waals surface area contributed by atoms with Crippen LogP contribution in [-0.4, -0.2) is 17.3 Å². The van der Waals surface area contributed by atoms with E-state index in [1.165, 1.54) is 11.3 Å². The number of rotatable bonds is 3. The predicted molar refractivity (Wildman–Crippen MR) is 59.5 cm³/mol. The second-order valence-corrected chi connectivity index (χ2v) is 5.06. The molecule has 5 heteroatoms. The van der Waals surface area contributed by atoms with Crippen LogP contribution in [0.4, 0.5) is 0 Å². The maximum Gasteiger partial charge on any atom is 0.263 e. The van der Waals surface area contributed by atoms with Gasteiger partial charge in [-0.25, -0.2) is 0 Å². The number of carbonyl (C=O) groups is 1. The third-order valence-electron chi connectivity index (χ3n) is 2.31. The van der Waals surface area contributed by atoms with Crippen LogP contribution in [0.2, 0.25) is 5.02 Å². The lowest BCUT2D eigenvalue weighted by molar-refractivity contribution is 0.0940. The highest BCUT2D eigenvalue weighted by Crippen LogP contribution is 2.37. The standard InChI is InChI=1S/C9H9Cl2NOS/c10-5-9(2-3-9)12-8(13)7-6(11)1-4-14-7/h1,4H,2-3,5H2,(H,12,13). The van der Waals surface area contributed by atoms with Crippen LogP contribution in [0, 0.1) is 0 Å². The van der Waals surface area contributed by atoms with Gasteiger partial charge in [0, 0.05) is 5.88 Å². The Morgan fingerprint density at radius 2 is 2.36 bits per heavy atom. The fraction of sp³-hybridized carbons (Fsp3) is 0.444. The lowest BCUT2D eigenvalue weighted by Crippen LogP contribution is -2.37. The van der Waals surface area contributed by atoms with Crippen molar-refractivity contribution < 1.29 is 4.79 Å². The zero-order valence-electron chi connectivity index (χ0n) is 7.35. The van der Waals surface area contributed by atoms with E-state index < -0.39 is 0 Å². The van der Waals surface area contributed by atoms with Crippen LogP contribution in [0.5, 0.6) is 0 Å². The van der Waals surface area contributed by atoms with Gasteiger partial charge in [-0.15, -0.1) is 22.9 Å². The highest BCUT2D eigenvalue weighted by atomic mass is 35.5. The Labute approximate surface area is 96.2 Å². The van der Waals surface area contributed by atoms with Crippen LogP contribution < -0.4 is 5.32 Å². The number of amides is 1. The molecule has 0 unspecified atom stereocenters. The molecule has 0 saturated heterocycles. The molecule has 0 aromatic carbocycles. The maximum absolute atomic E-state index is 11.7. The topological polar surface area (TPSA) is 29.1 Å². The summed E-state index contributed by atoms with van der Waals surface area (Å²) in [6.45, 7) is 0. The molecule has 1 aromatic rings. The van der Waals surface area contributed by atoms with Crippen molar-refractivity contribution in [2.24, 2.45) is 0 Å². The molecule has 0 aliphatic heterocycles. The molecule has 0 spiro atoms. The molecule has 1 aromatic heterocycles. The first-order chi connectivity index (χ1) is 6.67. The highest BCUT2D eigenvalue weighted by molar-refractivity contribution is 7.12. The summed E-state index contributed by atoms with van der Waals surface area (Å²) in [7, 11) is 0. The quantitative estimate of drug-likeness (QED) is 0.821. The molecule has 1 fully saturated rings. The molecule has 0 atom stereocenters. The second kappa shape index (κ2) is 3.72. The third-order valence-corrected chi connectivity index (χ3v) is 4.16. The first-order valence-corrected chi connectivity index (χ1v) is 6.08. The van der Waals surface area contributed by atoms with Gasteiger partial charge in [-0.05, 0) is 24.3 Å². The Morgan fingerprint density at radius 3 is 2.79 bits per heavy atom. The molecule has 76 valence electrons. The molecule has 0 bridgehead atoms. The van der Waals surface area contributed by atoms with Gasteiger partial charge in [0.25, 0.3) is 5.91 Å². The summed E-state index contributed by atoms with van der Waals surface area (Å²) in [4.78, 5) is 12.3. The fourth-order valence-corrected chi connectivity index (χ4v) is 2.57. The van der Waals surface area contributed by atoms with Gasteiger partial charge in [-0.1, -0.05) is 11.6 Å². The van der Waals surface area contributed by atoms with Gasteiger partial charge >= 0.3 is 0 Å². The summed E-state index contributed by atoms with van der Waals surface area (Å²) in [6, 6.07) is 1.72. The van der Waals surface area contributed by atoms with Crippen molar-refractivity contribution in [3.05, 3.63) is 21.3 Å². The highest BCUT2D eigenvalue weighted by Gasteiger charge is 2.43. The molecule has 0 radical (unpaired) electrons. The molecule has 14 heavy (non-hydrogen) atoms. The first-order valence-electron chi connectivity index (χ1n) is 4.28. The SMILES string of the molecule is O=C(NC1(CCl)CC1)c1sccc1Cl. The monoisotopic (exact) mass is 249 g/mol. The fourth-order valence-electron chi connectivity index (χ4n) is 1.20. The molecule has 2 nitrogen and oxygen atoms in total. The van der Waals surface area contributed by atoms with Crippen molar-refractivity contribution in [2.75, 3.05) is 5.88 Å². The normalized spacial score (nSPS) is 17.9. The molecular formula is C9H9Cl2NOS. The average Bonchev–Trinajstić information content (AvgIpc) is 2.80. The molecule has 1 aliphatic carbocycles. The predicted octanol–water partition coefficient (Wildman–Crippen LogP) is 2.90. The second-order valence-electron chi connectivity index (χ2n) is 3.47. The van der Waals surface area contributed by atoms with Gasteiger partial charge < -0.3 is 5.32 Å². The molecule has 1 heterocycles. The Hall–Kier alpha value is -0.250. The van der Waals surface area contributed by atoms with Gasteiger partial charge in [0.15, 0.2) is 0 Å². The Morgan fingerprint density at radius 1 is 1.64 bits per heavy atom. The number of carbonyl (C=O) groups excluding carboxylic acids is 1. The molecular weight excluding hydrogens is 241 g/mol. The Kier molecular flexibility index (Phi) is 2.73. The van der Waals surface area contributed by atoms with E-state index in [4.69, 9.17) is 23.2 Å². The smallest absolute Gasteiger partial charge is 0.263 e. The molecule has 1 N–H and O–H groups in total. The number of alkyl halides is 1. The van der Waals surface area contributed by atoms with E-state index in [0.717, 1.165) is 12.8 Å². The molecule has 1 aliphatic rings. The van der Waals surface area contributed by atoms with Crippen molar-refractivity contribution >= 4 is 40.4 Å². The minimum atomic E-state index is -0.161. The van der Waals surface area contributed by atoms with E-state index in [1.54, 1.807) is 11.4 Å². The first kappa shape index (κ1) is 10.3. The van der Waals surface area contributed by atoms with Crippen LogP contribution in [0.15, 0.2) is 11.4 Å². The van der Waals surface area contributed by atoms with Gasteiger partial charge in [0.2, 0.25) is 0 Å². The minimum absolute atomic E-state index is 0.108. The van der Waals surface area contributed by atoms with E-state index in [2.05, 4.69) is 5.32 Å². The molecule has 1 saturated carbocycles. The van der Waals surface area contributed by atoms with Crippen molar-refractivity contribution in [2.45, 2.75) is 18.4 Å². The molecule has 1 amide bonds. The zero-order valence-corrected chi connectivity index (χ0v) is 9.68. The van der Waals surface area contributed by atoms with Gasteiger partial charge in [0.05, 0.1) is 10.6 Å². The van der Waals surface area contributed by atoms with E-state index in [0.29, 0.717) is 15.8 Å². The largest absolute Gasteiger partial charge is 0.345 e. The third kappa shape index (κ3) is 1.90. The summed E-state index contributed by atoms with van der Waals surface area (Å²) < 4.78 is 0. The number of halogens is 2. The van der Waals surface area contributed by atoms with Gasteiger partial charge in [-0.3, -0.25) is 4.79 Å². The number of thiophene rings is 1. The Bertz CT molecular complexity index is 359. The van der Waals surface area contributed by atoms with E-state index in [1.807, 2.05) is 0 Å². The van der Waals surface area contributed by atoms with Crippen molar-refractivity contribution in [1.29, 1.82) is 0 Å². The summed E-state index contributed by atoms with van der Waals surface area (Å²) in [6.07, 6.45) is 1.93. The van der Waals surface area contributed by atoms with Crippen molar-refractivity contribution in [3.63, 3.8) is 0 Å². The Balaban J connectivity index is 2.07. The van der Waals surface area contributed by atoms with Crippen LogP contribution in [-0.2, 0) is 0 Å². The number of nitrogens with one attached hydrogen (secondary N) is 1. The number of hydrogen-bond acceptors (Lipinski definition) is 2. The maximum atomic E-state index is 11.7. The average molecular weight is 250 g/mol. The summed E-state index contributed by atoms with van der Waals surface area (Å²) in [5.74, 6) is 0.366. The van der Waals surface area contributed by atoms with Gasteiger partial charge in [0.1, 0.15) is 4.88 Å². The summed E-state index contributed by atoms with van der Waals surface area (Å²) in [5.41, 5.74) is -0.161. The van der Waals surface area contributed by atoms with Crippen LogP contribution in [0.1, 0.15) is 22.5 Å². The van der Waals surface area contributed by atoms with Crippen LogP contribution in [0.3, 0.4) is 0 Å². The minimum Gasteiger partial charge on any atom is -0.345 e. The lowest BCUT2D eigenvalue weighted by Gasteiger charge is -2.12. The van der Waals surface area contributed by atoms with E-state index >= 15 is 0 Å². The molecule has 2 rings (SSSR count). The number of hydrogen-bond donors (Lipinski definition) is 1. The summed E-state index contributed by atoms with van der Waals surface area (Å²) in [5, 5.41) is 5.23. The lowest BCUT2D eigenvalue weighted by atomic mass is 10.3. The summed E-state index contributed by atoms with van der Waals surface area (Å²) >= 11 is 12.9. The van der Waals surface area contributed by atoms with Crippen LogP contribution >= 0.6 is 34.5 Å². The van der Waals surface area contributed by atoms with Crippen molar-refractivity contribution in [1.82, 2.24) is 5.32 Å². The van der Waals surface area contributed by atoms with Crippen molar-refractivity contribution in [3.8, 4) is 0 Å². The van der Waals surface area contributed by atoms with Gasteiger partial charge in [-0.2, -0.15) is 0 Å². The van der Waals surface area contributed by atoms with Crippen LogP contribution in [0.25, 0.3) is 0 Å². The van der Waals surface area contributed by atoms with E-state index in [9.17, 15) is 4.79 Å².